The number of nitrogens with one attached hydrogen (secondary N) is 2. The maximum atomic E-state index is 13.0. The molecule has 6 nitrogen and oxygen atoms in total. The van der Waals surface area contributed by atoms with Crippen LogP contribution in [0.4, 0.5) is 9.18 Å². The van der Waals surface area contributed by atoms with E-state index in [2.05, 4.69) is 16.7 Å². The quantitative estimate of drug-likeness (QED) is 0.670. The van der Waals surface area contributed by atoms with Gasteiger partial charge in [0.05, 0.1) is 6.54 Å². The van der Waals surface area contributed by atoms with Crippen LogP contribution in [0.15, 0.2) is 30.3 Å². The average molecular weight is 389 g/mol. The van der Waals surface area contributed by atoms with E-state index < -0.39 is 5.97 Å². The number of nitrogens with zero attached hydrogens (tertiary/aromatic N) is 1. The summed E-state index contributed by atoms with van der Waals surface area (Å²) in [4.78, 5) is 25.0. The summed E-state index contributed by atoms with van der Waals surface area (Å²) in [5, 5.41) is 15.0. The number of halogens is 1. The molecular formula is C21H28FN3O3. The van der Waals surface area contributed by atoms with Crippen LogP contribution in [0, 0.1) is 5.82 Å². The van der Waals surface area contributed by atoms with Gasteiger partial charge in [-0.3, -0.25) is 9.69 Å². The number of carbonyl (C=O) groups is 2. The normalized spacial score (nSPS) is 24.2. The molecule has 0 radical (unpaired) electrons. The van der Waals surface area contributed by atoms with Gasteiger partial charge in [0.1, 0.15) is 5.82 Å². The Morgan fingerprint density at radius 2 is 1.86 bits per heavy atom. The van der Waals surface area contributed by atoms with Crippen molar-refractivity contribution in [2.75, 3.05) is 13.1 Å². The van der Waals surface area contributed by atoms with E-state index in [1.807, 2.05) is 11.8 Å². The number of carboxylic acids is 1. The number of allylic oxidation sites excluding steroid dienone is 1. The standard InChI is InChI=1S/C21H28FN3O3/c1-2-25(13-20(26)27)19-11-18(12-19)24-21(28)23-17-9-5-15(6-10-17)14-3-7-16(22)8-4-14/h3-5,7-8,17-19H,2,6,9-13H2,1H3,(H,26,27)(H2,23,24,28). The lowest BCUT2D eigenvalue weighted by Gasteiger charge is -2.42. The first-order chi connectivity index (χ1) is 13.4. The Morgan fingerprint density at radius 3 is 2.43 bits per heavy atom. The molecule has 3 rings (SSSR count). The maximum absolute atomic E-state index is 13.0. The van der Waals surface area contributed by atoms with Crippen LogP contribution in [0.2, 0.25) is 0 Å². The van der Waals surface area contributed by atoms with E-state index in [1.165, 1.54) is 17.7 Å². The van der Waals surface area contributed by atoms with Crippen molar-refractivity contribution in [2.24, 2.45) is 0 Å². The summed E-state index contributed by atoms with van der Waals surface area (Å²) in [7, 11) is 0. The van der Waals surface area contributed by atoms with Crippen molar-refractivity contribution in [1.82, 2.24) is 15.5 Å². The number of carboxylic acid groups (broad SMARTS) is 1. The highest BCUT2D eigenvalue weighted by Crippen LogP contribution is 2.28. The molecule has 0 aliphatic heterocycles. The van der Waals surface area contributed by atoms with Gasteiger partial charge in [-0.1, -0.05) is 25.1 Å². The first-order valence-corrected chi connectivity index (χ1v) is 9.92. The fourth-order valence-electron chi connectivity index (χ4n) is 3.98. The Labute approximate surface area is 164 Å². The fraction of sp³-hybridized carbons (Fsp3) is 0.524. The number of urea groups is 1. The third-order valence-corrected chi connectivity index (χ3v) is 5.67. The van der Waals surface area contributed by atoms with E-state index in [4.69, 9.17) is 5.11 Å². The van der Waals surface area contributed by atoms with Gasteiger partial charge in [-0.15, -0.1) is 0 Å². The highest BCUT2D eigenvalue weighted by Gasteiger charge is 2.34. The van der Waals surface area contributed by atoms with E-state index in [-0.39, 0.29) is 36.5 Å². The van der Waals surface area contributed by atoms with Crippen molar-refractivity contribution in [3.8, 4) is 0 Å². The Morgan fingerprint density at radius 1 is 1.18 bits per heavy atom. The minimum absolute atomic E-state index is 0.0465. The predicted molar refractivity (Wildman–Crippen MR) is 105 cm³/mol. The van der Waals surface area contributed by atoms with Gasteiger partial charge >= 0.3 is 12.0 Å². The number of rotatable bonds is 7. The van der Waals surface area contributed by atoms with Gasteiger partial charge < -0.3 is 15.7 Å². The number of hydrogen-bond donors (Lipinski definition) is 3. The molecule has 2 aliphatic carbocycles. The van der Waals surface area contributed by atoms with E-state index >= 15 is 0 Å². The zero-order valence-corrected chi connectivity index (χ0v) is 16.2. The second kappa shape index (κ2) is 9.19. The molecule has 152 valence electrons. The van der Waals surface area contributed by atoms with Gasteiger partial charge in [-0.05, 0) is 61.9 Å². The molecule has 0 spiro atoms. The molecule has 7 heteroatoms. The molecule has 2 aliphatic rings. The third-order valence-electron chi connectivity index (χ3n) is 5.67. The van der Waals surface area contributed by atoms with Gasteiger partial charge in [0.15, 0.2) is 0 Å². The lowest BCUT2D eigenvalue weighted by Crippen LogP contribution is -2.57. The van der Waals surface area contributed by atoms with Crippen LogP contribution in [0.1, 0.15) is 44.6 Å². The Kier molecular flexibility index (Phi) is 6.67. The summed E-state index contributed by atoms with van der Waals surface area (Å²) in [5.74, 6) is -1.05. The largest absolute Gasteiger partial charge is 0.480 e. The van der Waals surface area contributed by atoms with E-state index in [0.29, 0.717) is 6.54 Å². The van der Waals surface area contributed by atoms with Gasteiger partial charge in [0.25, 0.3) is 0 Å². The van der Waals surface area contributed by atoms with Gasteiger partial charge in [-0.2, -0.15) is 0 Å². The van der Waals surface area contributed by atoms with Crippen molar-refractivity contribution >= 4 is 17.6 Å². The van der Waals surface area contributed by atoms with E-state index in [9.17, 15) is 14.0 Å². The molecule has 1 unspecified atom stereocenters. The lowest BCUT2D eigenvalue weighted by molar-refractivity contribution is -0.139. The maximum Gasteiger partial charge on any atom is 0.317 e. The third kappa shape index (κ3) is 5.32. The van der Waals surface area contributed by atoms with Gasteiger partial charge in [0.2, 0.25) is 0 Å². The van der Waals surface area contributed by atoms with Crippen LogP contribution in [-0.4, -0.2) is 53.2 Å². The number of hydrogen-bond acceptors (Lipinski definition) is 3. The molecule has 1 atom stereocenters. The van der Waals surface area contributed by atoms with Crippen molar-refractivity contribution < 1.29 is 19.1 Å². The molecule has 1 saturated carbocycles. The van der Waals surface area contributed by atoms with Crippen molar-refractivity contribution in [1.29, 1.82) is 0 Å². The smallest absolute Gasteiger partial charge is 0.317 e. The average Bonchev–Trinajstić information content (AvgIpc) is 2.64. The van der Waals surface area contributed by atoms with Crippen LogP contribution < -0.4 is 10.6 Å². The first kappa shape index (κ1) is 20.3. The first-order valence-electron chi connectivity index (χ1n) is 9.92. The monoisotopic (exact) mass is 389 g/mol. The minimum Gasteiger partial charge on any atom is -0.480 e. The molecule has 0 aromatic heterocycles. The predicted octanol–water partition coefficient (Wildman–Crippen LogP) is 3.00. The van der Waals surface area contributed by atoms with Gasteiger partial charge in [0, 0.05) is 18.1 Å². The zero-order valence-electron chi connectivity index (χ0n) is 16.2. The second-order valence-corrected chi connectivity index (χ2v) is 7.60. The summed E-state index contributed by atoms with van der Waals surface area (Å²) < 4.78 is 13.0. The number of amides is 2. The SMILES string of the molecule is CCN(CC(=O)O)C1CC(NC(=O)NC2CC=C(c3ccc(F)cc3)CC2)C1. The van der Waals surface area contributed by atoms with Crippen molar-refractivity contribution in [3.63, 3.8) is 0 Å². The summed E-state index contributed by atoms with van der Waals surface area (Å²) in [6.45, 7) is 2.69. The molecular weight excluding hydrogens is 361 g/mol. The number of aliphatic carboxylic acids is 1. The highest BCUT2D eigenvalue weighted by atomic mass is 19.1. The summed E-state index contributed by atoms with van der Waals surface area (Å²) in [6.07, 6.45) is 6.15. The Balaban J connectivity index is 1.39. The highest BCUT2D eigenvalue weighted by molar-refractivity contribution is 5.75. The molecule has 0 saturated heterocycles. The van der Waals surface area contributed by atoms with Gasteiger partial charge in [-0.25, -0.2) is 9.18 Å². The Hall–Kier alpha value is -2.41. The summed E-state index contributed by atoms with van der Waals surface area (Å²) >= 11 is 0. The molecule has 1 aromatic rings. The van der Waals surface area contributed by atoms with Crippen LogP contribution in [-0.2, 0) is 4.79 Å². The molecule has 1 fully saturated rings. The summed E-state index contributed by atoms with van der Waals surface area (Å²) in [5.41, 5.74) is 2.23. The molecule has 28 heavy (non-hydrogen) atoms. The minimum atomic E-state index is -0.818. The van der Waals surface area contributed by atoms with Crippen molar-refractivity contribution in [3.05, 3.63) is 41.7 Å². The number of benzene rings is 1. The Bertz CT molecular complexity index is 729. The van der Waals surface area contributed by atoms with Crippen molar-refractivity contribution in [2.45, 2.75) is 57.2 Å². The molecule has 2 amide bonds. The molecule has 1 aromatic carbocycles. The number of carbonyl (C=O) groups excluding carboxylic acids is 1. The van der Waals surface area contributed by atoms with Crippen LogP contribution in [0.3, 0.4) is 0 Å². The molecule has 3 N–H and O–H groups in total. The topological polar surface area (TPSA) is 81.7 Å². The molecule has 0 bridgehead atoms. The van der Waals surface area contributed by atoms with Crippen LogP contribution in [0.25, 0.3) is 5.57 Å². The van der Waals surface area contributed by atoms with Crippen LogP contribution in [0.5, 0.6) is 0 Å². The second-order valence-electron chi connectivity index (χ2n) is 7.60. The summed E-state index contributed by atoms with van der Waals surface area (Å²) in [6, 6.07) is 6.78. The van der Waals surface area contributed by atoms with E-state index in [1.54, 1.807) is 12.1 Å². The fourth-order valence-corrected chi connectivity index (χ4v) is 3.98. The lowest BCUT2D eigenvalue weighted by atomic mass is 9.85. The van der Waals surface area contributed by atoms with Crippen LogP contribution >= 0.6 is 0 Å². The number of likely N-dealkylation sites (N-methyl/N-ethyl adjacent to an activating group) is 1. The zero-order chi connectivity index (χ0) is 20.1. The molecule has 0 heterocycles. The van der Waals surface area contributed by atoms with E-state index in [0.717, 1.165) is 37.7 Å².